The van der Waals surface area contributed by atoms with Gasteiger partial charge in [-0.25, -0.2) is 4.39 Å². The highest BCUT2D eigenvalue weighted by molar-refractivity contribution is 5.95. The maximum absolute atomic E-state index is 13.8. The quantitative estimate of drug-likeness (QED) is 0.337. The van der Waals surface area contributed by atoms with Crippen LogP contribution in [0.1, 0.15) is 28.9 Å². The van der Waals surface area contributed by atoms with Crippen molar-refractivity contribution in [1.29, 1.82) is 5.26 Å². The summed E-state index contributed by atoms with van der Waals surface area (Å²) < 4.78 is 25.8. The molecule has 0 N–H and O–H groups in total. The van der Waals surface area contributed by atoms with E-state index >= 15 is 0 Å². The second-order valence-electron chi connectivity index (χ2n) is 10.8. The van der Waals surface area contributed by atoms with Crippen LogP contribution in [-0.2, 0) is 0 Å². The third-order valence-electron chi connectivity index (χ3n) is 8.06. The van der Waals surface area contributed by atoms with Gasteiger partial charge in [-0.3, -0.25) is 14.8 Å². The Morgan fingerprint density at radius 2 is 1.98 bits per heavy atom. The zero-order chi connectivity index (χ0) is 28.7. The summed E-state index contributed by atoms with van der Waals surface area (Å²) in [6.07, 6.45) is 3.81. The van der Waals surface area contributed by atoms with Gasteiger partial charge in [-0.1, -0.05) is 6.07 Å². The zero-order valence-corrected chi connectivity index (χ0v) is 23.3. The number of nitrogens with zero attached hydrogens (tertiary/aromatic N) is 6. The summed E-state index contributed by atoms with van der Waals surface area (Å²) in [5, 5.41) is 9.85. The standard InChI is InChI=1S/C31H31FN6O3/c1-36(2)22-8-11-38(18-22)31(39)26-14-28(40-3)24(16-35-26)29-13-25-30(41-29)23(6-9-34-25)19-4-5-27(20(12-19)15-33)37-10-7-21(32)17-37/h4-6,9,12-14,16,21-22H,7-8,10-11,17-18H2,1-3H3/t21-,22-/m0/s1. The Bertz CT molecular complexity index is 1660. The number of pyridine rings is 2. The van der Waals surface area contributed by atoms with Gasteiger partial charge in [-0.2, -0.15) is 5.26 Å². The van der Waals surface area contributed by atoms with E-state index < -0.39 is 6.17 Å². The Kier molecular flexibility index (Phi) is 7.05. The number of benzene rings is 1. The molecular weight excluding hydrogens is 523 g/mol. The van der Waals surface area contributed by atoms with Crippen molar-refractivity contribution in [2.24, 2.45) is 0 Å². The first-order valence-electron chi connectivity index (χ1n) is 13.7. The molecule has 2 fully saturated rings. The lowest BCUT2D eigenvalue weighted by atomic mass is 10.0. The summed E-state index contributed by atoms with van der Waals surface area (Å²) in [7, 11) is 5.60. The Morgan fingerprint density at radius 3 is 2.68 bits per heavy atom. The van der Waals surface area contributed by atoms with Gasteiger partial charge in [-0.05, 0) is 50.7 Å². The average molecular weight is 555 g/mol. The van der Waals surface area contributed by atoms with E-state index in [1.54, 1.807) is 31.6 Å². The van der Waals surface area contributed by atoms with Crippen molar-refractivity contribution < 1.29 is 18.3 Å². The van der Waals surface area contributed by atoms with Crippen LogP contribution in [0, 0.1) is 11.3 Å². The van der Waals surface area contributed by atoms with Crippen LogP contribution >= 0.6 is 0 Å². The lowest BCUT2D eigenvalue weighted by Gasteiger charge is -2.20. The molecule has 210 valence electrons. The lowest BCUT2D eigenvalue weighted by Crippen LogP contribution is -2.34. The van der Waals surface area contributed by atoms with Crippen molar-refractivity contribution in [3.8, 4) is 34.3 Å². The molecule has 5 heterocycles. The molecule has 0 unspecified atom stereocenters. The van der Waals surface area contributed by atoms with E-state index in [1.165, 1.54) is 0 Å². The van der Waals surface area contributed by atoms with E-state index in [0.717, 1.165) is 23.2 Å². The number of anilines is 1. The third-order valence-corrected chi connectivity index (χ3v) is 8.06. The molecule has 1 amide bonds. The van der Waals surface area contributed by atoms with Crippen LogP contribution in [0.25, 0.3) is 33.6 Å². The summed E-state index contributed by atoms with van der Waals surface area (Å²) >= 11 is 0. The minimum atomic E-state index is -0.878. The maximum Gasteiger partial charge on any atom is 0.272 e. The number of amides is 1. The summed E-state index contributed by atoms with van der Waals surface area (Å²) in [6, 6.07) is 13.5. The highest BCUT2D eigenvalue weighted by atomic mass is 19.1. The predicted octanol–water partition coefficient (Wildman–Crippen LogP) is 4.76. The van der Waals surface area contributed by atoms with Gasteiger partial charge >= 0.3 is 0 Å². The topological polar surface area (TPSA) is 98.7 Å². The Hall–Kier alpha value is -4.49. The number of carbonyl (C=O) groups excluding carboxylic acids is 1. The zero-order valence-electron chi connectivity index (χ0n) is 23.3. The summed E-state index contributed by atoms with van der Waals surface area (Å²) in [4.78, 5) is 28.0. The summed E-state index contributed by atoms with van der Waals surface area (Å²) in [6.45, 7) is 2.24. The van der Waals surface area contributed by atoms with E-state index in [-0.39, 0.29) is 5.91 Å². The minimum absolute atomic E-state index is 0.125. The van der Waals surface area contributed by atoms with Gasteiger partial charge in [0.1, 0.15) is 35.0 Å². The van der Waals surface area contributed by atoms with Crippen molar-refractivity contribution in [3.05, 3.63) is 60.0 Å². The van der Waals surface area contributed by atoms with Gasteiger partial charge in [0.15, 0.2) is 5.58 Å². The molecule has 0 saturated carbocycles. The Balaban J connectivity index is 1.32. The smallest absolute Gasteiger partial charge is 0.272 e. The van der Waals surface area contributed by atoms with Crippen LogP contribution in [0.15, 0.2) is 53.2 Å². The van der Waals surface area contributed by atoms with Crippen molar-refractivity contribution >= 4 is 22.7 Å². The number of furan rings is 1. The molecule has 10 heteroatoms. The van der Waals surface area contributed by atoms with Crippen LogP contribution in [-0.4, -0.2) is 85.3 Å². The highest BCUT2D eigenvalue weighted by Gasteiger charge is 2.30. The number of aromatic nitrogens is 2. The van der Waals surface area contributed by atoms with Gasteiger partial charge in [0.2, 0.25) is 0 Å². The number of methoxy groups -OCH3 is 1. The summed E-state index contributed by atoms with van der Waals surface area (Å²) in [5.74, 6) is 0.848. The first-order chi connectivity index (χ1) is 19.9. The van der Waals surface area contributed by atoms with Crippen LogP contribution in [0.4, 0.5) is 10.1 Å². The Morgan fingerprint density at radius 1 is 1.12 bits per heavy atom. The number of rotatable bonds is 6. The van der Waals surface area contributed by atoms with Crippen LogP contribution < -0.4 is 9.64 Å². The highest BCUT2D eigenvalue weighted by Crippen LogP contribution is 2.38. The number of carbonyl (C=O) groups is 1. The number of ether oxygens (including phenoxy) is 1. The largest absolute Gasteiger partial charge is 0.496 e. The summed E-state index contributed by atoms with van der Waals surface area (Å²) in [5.41, 5.74) is 4.89. The third kappa shape index (κ3) is 4.98. The number of hydrogen-bond donors (Lipinski definition) is 0. The van der Waals surface area contributed by atoms with E-state index in [4.69, 9.17) is 9.15 Å². The number of alkyl halides is 1. The first-order valence-corrected chi connectivity index (χ1v) is 13.7. The molecule has 0 radical (unpaired) electrons. The SMILES string of the molecule is COc1cc(C(=O)N2CC[C@H](N(C)C)C2)ncc1-c1cc2nccc(-c3ccc(N4CC[C@H](F)C4)c(C#N)c3)c2o1. The maximum atomic E-state index is 13.8. The van der Waals surface area contributed by atoms with Gasteiger partial charge < -0.3 is 23.9 Å². The molecule has 2 aliphatic rings. The van der Waals surface area contributed by atoms with Crippen LogP contribution in [0.5, 0.6) is 5.75 Å². The molecule has 9 nitrogen and oxygen atoms in total. The van der Waals surface area contributed by atoms with E-state index in [0.29, 0.717) is 78.1 Å². The molecule has 4 aromatic rings. The first kappa shape index (κ1) is 26.7. The second-order valence-corrected chi connectivity index (χ2v) is 10.8. The van der Waals surface area contributed by atoms with Gasteiger partial charge in [-0.15, -0.1) is 0 Å². The fraction of sp³-hybridized carbons (Fsp3) is 0.355. The van der Waals surface area contributed by atoms with Crippen LogP contribution in [0.2, 0.25) is 0 Å². The predicted molar refractivity (Wildman–Crippen MR) is 154 cm³/mol. The van der Waals surface area contributed by atoms with E-state index in [9.17, 15) is 14.4 Å². The molecule has 41 heavy (non-hydrogen) atoms. The minimum Gasteiger partial charge on any atom is -0.496 e. The molecular formula is C31H31FN6O3. The fourth-order valence-electron chi connectivity index (χ4n) is 5.72. The number of likely N-dealkylation sites (N-methyl/N-ethyl adjacent to an activating group) is 1. The van der Waals surface area contributed by atoms with Crippen molar-refractivity contribution in [1.82, 2.24) is 19.8 Å². The van der Waals surface area contributed by atoms with Crippen molar-refractivity contribution in [2.75, 3.05) is 52.3 Å². The molecule has 2 aliphatic heterocycles. The van der Waals surface area contributed by atoms with Crippen LogP contribution in [0.3, 0.4) is 0 Å². The molecule has 3 aromatic heterocycles. The molecule has 0 spiro atoms. The normalized spacial score (nSPS) is 18.8. The number of fused-ring (bicyclic) bond motifs is 1. The average Bonchev–Trinajstić information content (AvgIpc) is 3.75. The van der Waals surface area contributed by atoms with Crippen molar-refractivity contribution in [2.45, 2.75) is 25.1 Å². The van der Waals surface area contributed by atoms with Gasteiger partial charge in [0.05, 0.1) is 23.9 Å². The number of hydrogen-bond acceptors (Lipinski definition) is 8. The second kappa shape index (κ2) is 10.8. The number of likely N-dealkylation sites (tertiary alicyclic amines) is 1. The molecule has 2 saturated heterocycles. The monoisotopic (exact) mass is 554 g/mol. The van der Waals surface area contributed by atoms with E-state index in [1.807, 2.05) is 48.2 Å². The molecule has 6 rings (SSSR count). The molecule has 0 aliphatic carbocycles. The van der Waals surface area contributed by atoms with Crippen molar-refractivity contribution in [3.63, 3.8) is 0 Å². The molecule has 0 bridgehead atoms. The van der Waals surface area contributed by atoms with E-state index in [2.05, 4.69) is 20.9 Å². The fourth-order valence-corrected chi connectivity index (χ4v) is 5.72. The Labute approximate surface area is 237 Å². The molecule has 1 aromatic carbocycles. The number of nitriles is 1. The molecule has 2 atom stereocenters. The van der Waals surface area contributed by atoms with Gasteiger partial charge in [0.25, 0.3) is 5.91 Å². The number of halogens is 1. The lowest BCUT2D eigenvalue weighted by molar-refractivity contribution is 0.0777. The van der Waals surface area contributed by atoms with Gasteiger partial charge in [0, 0.05) is 62.3 Å².